The number of esters is 1. The van der Waals surface area contributed by atoms with E-state index in [9.17, 15) is 9.59 Å². The molecule has 0 aliphatic heterocycles. The van der Waals surface area contributed by atoms with Gasteiger partial charge in [0.1, 0.15) is 0 Å². The minimum Gasteiger partial charge on any atom is -0.463 e. The van der Waals surface area contributed by atoms with Gasteiger partial charge in [-0.05, 0) is 20.3 Å². The molecule has 0 rings (SSSR count). The molecule has 0 saturated heterocycles. The fourth-order valence-corrected chi connectivity index (χ4v) is 0.829. The lowest BCUT2D eigenvalue weighted by Gasteiger charge is -2.12. The van der Waals surface area contributed by atoms with E-state index in [1.54, 1.807) is 6.92 Å². The summed E-state index contributed by atoms with van der Waals surface area (Å²) in [6.45, 7) is 6.10. The maximum Gasteiger partial charge on any atom is 0.407 e. The van der Waals surface area contributed by atoms with Crippen LogP contribution < -0.4 is 5.32 Å². The monoisotopic (exact) mass is 217 g/mol. The predicted molar refractivity (Wildman–Crippen MR) is 55.5 cm³/mol. The normalized spacial score (nSPS) is 11.7. The Kier molecular flexibility index (Phi) is 7.40. The second-order valence-electron chi connectivity index (χ2n) is 3.10. The topological polar surface area (TPSA) is 64.6 Å². The number of carbonyl (C=O) groups is 2. The highest BCUT2D eigenvalue weighted by Crippen LogP contribution is 1.97. The zero-order valence-electron chi connectivity index (χ0n) is 9.54. The Bertz CT molecular complexity index is 206. The SMILES string of the molecule is CCCCOC(=O)[C@H](C)OC(=O)NCC. The third-order valence-corrected chi connectivity index (χ3v) is 1.68. The zero-order chi connectivity index (χ0) is 11.7. The molecule has 0 saturated carbocycles. The average molecular weight is 217 g/mol. The summed E-state index contributed by atoms with van der Waals surface area (Å²) in [7, 11) is 0. The number of hydrogen-bond donors (Lipinski definition) is 1. The van der Waals surface area contributed by atoms with Crippen molar-refractivity contribution in [2.24, 2.45) is 0 Å². The van der Waals surface area contributed by atoms with Crippen LogP contribution in [0.25, 0.3) is 0 Å². The number of carbonyl (C=O) groups excluding carboxylic acids is 2. The van der Waals surface area contributed by atoms with E-state index in [1.165, 1.54) is 6.92 Å². The summed E-state index contributed by atoms with van der Waals surface area (Å²) in [5.41, 5.74) is 0. The molecule has 1 atom stereocenters. The van der Waals surface area contributed by atoms with Gasteiger partial charge in [-0.3, -0.25) is 0 Å². The molecule has 5 nitrogen and oxygen atoms in total. The van der Waals surface area contributed by atoms with Crippen LogP contribution in [0.3, 0.4) is 0 Å². The minimum absolute atomic E-state index is 0.373. The summed E-state index contributed by atoms with van der Waals surface area (Å²) in [6.07, 6.45) is 0.323. The molecule has 0 aromatic rings. The van der Waals surface area contributed by atoms with E-state index in [2.05, 4.69) is 5.32 Å². The number of amides is 1. The number of unbranched alkanes of at least 4 members (excludes halogenated alkanes) is 1. The first-order valence-corrected chi connectivity index (χ1v) is 5.22. The molecule has 1 amide bonds. The van der Waals surface area contributed by atoms with Crippen molar-refractivity contribution in [3.05, 3.63) is 0 Å². The van der Waals surface area contributed by atoms with E-state index in [0.29, 0.717) is 13.2 Å². The van der Waals surface area contributed by atoms with Crippen LogP contribution in [0.1, 0.15) is 33.6 Å². The van der Waals surface area contributed by atoms with Crippen molar-refractivity contribution in [2.45, 2.75) is 39.7 Å². The Morgan fingerprint density at radius 1 is 1.33 bits per heavy atom. The second kappa shape index (κ2) is 8.08. The first-order chi connectivity index (χ1) is 7.11. The standard InChI is InChI=1S/C10H19NO4/c1-4-6-7-14-9(12)8(3)15-10(13)11-5-2/h8H,4-7H2,1-3H3,(H,11,13)/t8-/m0/s1. The molecule has 5 heteroatoms. The van der Waals surface area contributed by atoms with Crippen LogP contribution in [-0.2, 0) is 14.3 Å². The molecule has 88 valence electrons. The summed E-state index contributed by atoms with van der Waals surface area (Å²) in [4.78, 5) is 22.2. The van der Waals surface area contributed by atoms with Crippen LogP contribution in [0.5, 0.6) is 0 Å². The van der Waals surface area contributed by atoms with Gasteiger partial charge in [-0.1, -0.05) is 13.3 Å². The van der Waals surface area contributed by atoms with Crippen molar-refractivity contribution in [2.75, 3.05) is 13.2 Å². The molecule has 1 N–H and O–H groups in total. The minimum atomic E-state index is -0.853. The van der Waals surface area contributed by atoms with Gasteiger partial charge in [0.15, 0.2) is 6.10 Å². The fraction of sp³-hybridized carbons (Fsp3) is 0.800. The Morgan fingerprint density at radius 2 is 2.00 bits per heavy atom. The van der Waals surface area contributed by atoms with Gasteiger partial charge in [0.2, 0.25) is 0 Å². The molecule has 15 heavy (non-hydrogen) atoms. The van der Waals surface area contributed by atoms with Gasteiger partial charge in [0, 0.05) is 6.54 Å². The Hall–Kier alpha value is -1.26. The zero-order valence-corrected chi connectivity index (χ0v) is 9.54. The third kappa shape index (κ3) is 6.76. The van der Waals surface area contributed by atoms with Crippen LogP contribution in [-0.4, -0.2) is 31.3 Å². The summed E-state index contributed by atoms with van der Waals surface area (Å²) >= 11 is 0. The lowest BCUT2D eigenvalue weighted by Crippen LogP contribution is -2.32. The van der Waals surface area contributed by atoms with E-state index < -0.39 is 18.2 Å². The van der Waals surface area contributed by atoms with Crippen molar-refractivity contribution in [1.29, 1.82) is 0 Å². The van der Waals surface area contributed by atoms with Crippen molar-refractivity contribution in [3.8, 4) is 0 Å². The summed E-state index contributed by atoms with van der Waals surface area (Å²) in [6, 6.07) is 0. The highest BCUT2D eigenvalue weighted by Gasteiger charge is 2.18. The second-order valence-corrected chi connectivity index (χ2v) is 3.10. The van der Waals surface area contributed by atoms with Gasteiger partial charge in [-0.25, -0.2) is 9.59 Å². The molecule has 0 aromatic carbocycles. The van der Waals surface area contributed by atoms with E-state index in [1.807, 2.05) is 6.92 Å². The molecule has 0 unspecified atom stereocenters. The number of ether oxygens (including phenoxy) is 2. The highest BCUT2D eigenvalue weighted by atomic mass is 16.6. The van der Waals surface area contributed by atoms with Gasteiger partial charge >= 0.3 is 12.1 Å². The van der Waals surface area contributed by atoms with E-state index in [4.69, 9.17) is 9.47 Å². The summed E-state index contributed by atoms with van der Waals surface area (Å²) in [5, 5.41) is 2.43. The molecule has 0 fully saturated rings. The first kappa shape index (κ1) is 13.7. The molecule has 0 aliphatic rings. The highest BCUT2D eigenvalue weighted by molar-refractivity contribution is 5.78. The molecular weight excluding hydrogens is 198 g/mol. The van der Waals surface area contributed by atoms with Gasteiger partial charge in [-0.15, -0.1) is 0 Å². The Morgan fingerprint density at radius 3 is 2.53 bits per heavy atom. The van der Waals surface area contributed by atoms with Gasteiger partial charge in [0.05, 0.1) is 6.61 Å². The van der Waals surface area contributed by atoms with Crippen LogP contribution in [0, 0.1) is 0 Å². The largest absolute Gasteiger partial charge is 0.463 e. The summed E-state index contributed by atoms with van der Waals surface area (Å²) in [5.74, 6) is -0.505. The van der Waals surface area contributed by atoms with Crippen LogP contribution >= 0.6 is 0 Å². The maximum atomic E-state index is 11.2. The van der Waals surface area contributed by atoms with Crippen LogP contribution in [0.2, 0.25) is 0 Å². The third-order valence-electron chi connectivity index (χ3n) is 1.68. The van der Waals surface area contributed by atoms with Gasteiger partial charge in [0.25, 0.3) is 0 Å². The van der Waals surface area contributed by atoms with Gasteiger partial charge < -0.3 is 14.8 Å². The molecule has 0 heterocycles. The van der Waals surface area contributed by atoms with Crippen molar-refractivity contribution in [3.63, 3.8) is 0 Å². The van der Waals surface area contributed by atoms with Crippen molar-refractivity contribution in [1.82, 2.24) is 5.32 Å². The quantitative estimate of drug-likeness (QED) is 0.540. The Labute approximate surface area is 90.1 Å². The van der Waals surface area contributed by atoms with Crippen molar-refractivity contribution < 1.29 is 19.1 Å². The number of alkyl carbamates (subject to hydrolysis) is 1. The van der Waals surface area contributed by atoms with E-state index >= 15 is 0 Å². The smallest absolute Gasteiger partial charge is 0.407 e. The molecule has 0 bridgehead atoms. The number of nitrogens with one attached hydrogen (secondary N) is 1. The molecule has 0 radical (unpaired) electrons. The average Bonchev–Trinajstić information content (AvgIpc) is 2.18. The first-order valence-electron chi connectivity index (χ1n) is 5.22. The maximum absolute atomic E-state index is 11.2. The van der Waals surface area contributed by atoms with Crippen molar-refractivity contribution >= 4 is 12.1 Å². The molecule has 0 aliphatic carbocycles. The van der Waals surface area contributed by atoms with Gasteiger partial charge in [-0.2, -0.15) is 0 Å². The fourth-order valence-electron chi connectivity index (χ4n) is 0.829. The van der Waals surface area contributed by atoms with Crippen LogP contribution in [0.15, 0.2) is 0 Å². The molecular formula is C10H19NO4. The lowest BCUT2D eigenvalue weighted by atomic mass is 10.3. The van der Waals surface area contributed by atoms with Crippen LogP contribution in [0.4, 0.5) is 4.79 Å². The molecule has 0 spiro atoms. The molecule has 0 aromatic heterocycles. The summed E-state index contributed by atoms with van der Waals surface area (Å²) < 4.78 is 9.64. The van der Waals surface area contributed by atoms with E-state index in [-0.39, 0.29) is 0 Å². The lowest BCUT2D eigenvalue weighted by molar-refractivity contribution is -0.152. The van der Waals surface area contributed by atoms with E-state index in [0.717, 1.165) is 12.8 Å². The number of rotatable bonds is 6. The predicted octanol–water partition coefficient (Wildman–Crippen LogP) is 1.46. The Balaban J connectivity index is 3.73. The number of hydrogen-bond acceptors (Lipinski definition) is 4.